The Labute approximate surface area is 98.9 Å². The zero-order valence-electron chi connectivity index (χ0n) is 10.8. The zero-order chi connectivity index (χ0) is 11.6. The van der Waals surface area contributed by atoms with Crippen LogP contribution in [-0.2, 0) is 9.47 Å². The van der Waals surface area contributed by atoms with Gasteiger partial charge in [-0.3, -0.25) is 0 Å². The molecule has 1 spiro atoms. The molecule has 0 aromatic carbocycles. The molecule has 0 aromatic rings. The topological polar surface area (TPSA) is 30.5 Å². The van der Waals surface area contributed by atoms with Crippen LogP contribution in [0.4, 0.5) is 0 Å². The summed E-state index contributed by atoms with van der Waals surface area (Å²) in [6.07, 6.45) is 6.07. The van der Waals surface area contributed by atoms with Crippen molar-refractivity contribution in [3.05, 3.63) is 0 Å². The zero-order valence-corrected chi connectivity index (χ0v) is 10.8. The molecule has 0 amide bonds. The number of hydrogen-bond donors (Lipinski definition) is 1. The van der Waals surface area contributed by atoms with E-state index in [1.165, 1.54) is 0 Å². The van der Waals surface area contributed by atoms with Crippen LogP contribution in [0.2, 0.25) is 0 Å². The molecule has 3 nitrogen and oxygen atoms in total. The summed E-state index contributed by atoms with van der Waals surface area (Å²) in [4.78, 5) is 0. The summed E-state index contributed by atoms with van der Waals surface area (Å²) in [7, 11) is 1.82. The first-order valence-electron chi connectivity index (χ1n) is 6.55. The monoisotopic (exact) mass is 227 g/mol. The van der Waals surface area contributed by atoms with E-state index in [9.17, 15) is 0 Å². The van der Waals surface area contributed by atoms with E-state index in [0.717, 1.165) is 45.2 Å². The summed E-state index contributed by atoms with van der Waals surface area (Å²) >= 11 is 0. The number of morpholine rings is 1. The third kappa shape index (κ3) is 2.41. The standard InChI is InChI=1S/C13H25NO2/c1-4-12(2)9-14-10-13(16-12)7-5-11(15-3)6-8-13/h11,14H,4-10H2,1-3H3. The molecule has 2 rings (SSSR count). The Morgan fingerprint density at radius 3 is 2.56 bits per heavy atom. The van der Waals surface area contributed by atoms with Gasteiger partial charge in [0.15, 0.2) is 0 Å². The maximum Gasteiger partial charge on any atom is 0.0816 e. The molecule has 2 fully saturated rings. The SMILES string of the molecule is CCC1(C)CNCC2(CCC(OC)CC2)O1. The van der Waals surface area contributed by atoms with Crippen LogP contribution >= 0.6 is 0 Å². The first-order valence-corrected chi connectivity index (χ1v) is 6.55. The molecule has 0 radical (unpaired) electrons. The van der Waals surface area contributed by atoms with Crippen molar-refractivity contribution in [1.82, 2.24) is 5.32 Å². The van der Waals surface area contributed by atoms with E-state index in [1.807, 2.05) is 7.11 Å². The van der Waals surface area contributed by atoms with Crippen LogP contribution in [0.3, 0.4) is 0 Å². The minimum Gasteiger partial charge on any atom is -0.381 e. The van der Waals surface area contributed by atoms with Gasteiger partial charge in [-0.15, -0.1) is 0 Å². The van der Waals surface area contributed by atoms with Gasteiger partial charge in [0.1, 0.15) is 0 Å². The molecule has 1 saturated heterocycles. The Balaban J connectivity index is 1.98. The average Bonchev–Trinajstić information content (AvgIpc) is 2.30. The van der Waals surface area contributed by atoms with Gasteiger partial charge in [-0.05, 0) is 39.0 Å². The Hall–Kier alpha value is -0.120. The smallest absolute Gasteiger partial charge is 0.0816 e. The Morgan fingerprint density at radius 2 is 2.00 bits per heavy atom. The molecular formula is C13H25NO2. The van der Waals surface area contributed by atoms with Crippen LogP contribution in [0, 0.1) is 0 Å². The first-order chi connectivity index (χ1) is 7.61. The van der Waals surface area contributed by atoms with Gasteiger partial charge >= 0.3 is 0 Å². The second-order valence-corrected chi connectivity index (χ2v) is 5.63. The number of ether oxygens (including phenoxy) is 2. The molecule has 2 aliphatic rings. The Morgan fingerprint density at radius 1 is 1.31 bits per heavy atom. The molecule has 94 valence electrons. The molecule has 1 aliphatic carbocycles. The van der Waals surface area contributed by atoms with Crippen molar-refractivity contribution >= 4 is 0 Å². The van der Waals surface area contributed by atoms with Gasteiger partial charge in [-0.1, -0.05) is 6.92 Å². The predicted octanol–water partition coefficient (Wildman–Crippen LogP) is 2.10. The molecule has 1 saturated carbocycles. The fourth-order valence-corrected chi connectivity index (χ4v) is 2.98. The van der Waals surface area contributed by atoms with Crippen molar-refractivity contribution in [1.29, 1.82) is 0 Å². The highest BCUT2D eigenvalue weighted by Gasteiger charge is 2.44. The second kappa shape index (κ2) is 4.63. The number of nitrogens with one attached hydrogen (secondary N) is 1. The maximum atomic E-state index is 6.43. The van der Waals surface area contributed by atoms with Crippen LogP contribution in [0.15, 0.2) is 0 Å². The molecule has 1 heterocycles. The number of rotatable bonds is 2. The fraction of sp³-hybridized carbons (Fsp3) is 1.00. The number of methoxy groups -OCH3 is 1. The van der Waals surface area contributed by atoms with E-state index in [-0.39, 0.29) is 11.2 Å². The molecule has 0 bridgehead atoms. The van der Waals surface area contributed by atoms with E-state index in [0.29, 0.717) is 6.10 Å². The quantitative estimate of drug-likeness (QED) is 0.783. The van der Waals surface area contributed by atoms with Crippen molar-refractivity contribution in [3.8, 4) is 0 Å². The molecule has 1 unspecified atom stereocenters. The lowest BCUT2D eigenvalue weighted by Gasteiger charge is -2.49. The van der Waals surface area contributed by atoms with Gasteiger partial charge in [-0.25, -0.2) is 0 Å². The van der Waals surface area contributed by atoms with Gasteiger partial charge < -0.3 is 14.8 Å². The highest BCUT2D eigenvalue weighted by Crippen LogP contribution is 2.38. The van der Waals surface area contributed by atoms with Crippen LogP contribution in [0.1, 0.15) is 46.0 Å². The lowest BCUT2D eigenvalue weighted by atomic mass is 9.80. The molecule has 1 aliphatic heterocycles. The minimum absolute atomic E-state index is 0.0260. The molecule has 0 aromatic heterocycles. The van der Waals surface area contributed by atoms with E-state index in [4.69, 9.17) is 9.47 Å². The second-order valence-electron chi connectivity index (χ2n) is 5.63. The molecular weight excluding hydrogens is 202 g/mol. The van der Waals surface area contributed by atoms with Crippen molar-refractivity contribution in [2.75, 3.05) is 20.2 Å². The summed E-state index contributed by atoms with van der Waals surface area (Å²) in [6, 6.07) is 0. The van der Waals surface area contributed by atoms with Crippen LogP contribution < -0.4 is 5.32 Å². The highest BCUT2D eigenvalue weighted by atomic mass is 16.5. The van der Waals surface area contributed by atoms with E-state index in [1.54, 1.807) is 0 Å². The highest BCUT2D eigenvalue weighted by molar-refractivity contribution is 4.97. The van der Waals surface area contributed by atoms with Gasteiger partial charge in [-0.2, -0.15) is 0 Å². The maximum absolute atomic E-state index is 6.43. The van der Waals surface area contributed by atoms with Crippen LogP contribution in [0.25, 0.3) is 0 Å². The lowest BCUT2D eigenvalue weighted by Crippen LogP contribution is -2.60. The summed E-state index contributed by atoms with van der Waals surface area (Å²) in [5.74, 6) is 0. The average molecular weight is 227 g/mol. The lowest BCUT2D eigenvalue weighted by molar-refractivity contribution is -0.192. The largest absolute Gasteiger partial charge is 0.381 e. The van der Waals surface area contributed by atoms with Crippen molar-refractivity contribution in [2.45, 2.75) is 63.3 Å². The Bertz CT molecular complexity index is 236. The fourth-order valence-electron chi connectivity index (χ4n) is 2.98. The third-order valence-corrected chi connectivity index (χ3v) is 4.33. The van der Waals surface area contributed by atoms with Crippen LogP contribution in [-0.4, -0.2) is 37.5 Å². The molecule has 1 N–H and O–H groups in total. The molecule has 16 heavy (non-hydrogen) atoms. The predicted molar refractivity (Wildman–Crippen MR) is 64.6 cm³/mol. The summed E-state index contributed by atoms with van der Waals surface area (Å²) in [5, 5.41) is 3.55. The Kier molecular flexibility index (Phi) is 3.57. The summed E-state index contributed by atoms with van der Waals surface area (Å²) in [5.41, 5.74) is 0.107. The van der Waals surface area contributed by atoms with E-state index >= 15 is 0 Å². The van der Waals surface area contributed by atoms with Gasteiger partial charge in [0.05, 0.1) is 17.3 Å². The van der Waals surface area contributed by atoms with Crippen molar-refractivity contribution in [2.24, 2.45) is 0 Å². The van der Waals surface area contributed by atoms with Crippen LogP contribution in [0.5, 0.6) is 0 Å². The van der Waals surface area contributed by atoms with Crippen molar-refractivity contribution in [3.63, 3.8) is 0 Å². The normalized spacial score (nSPS) is 44.8. The van der Waals surface area contributed by atoms with Gasteiger partial charge in [0.2, 0.25) is 0 Å². The van der Waals surface area contributed by atoms with Gasteiger partial charge in [0, 0.05) is 20.2 Å². The summed E-state index contributed by atoms with van der Waals surface area (Å²) < 4.78 is 11.9. The molecule has 1 atom stereocenters. The van der Waals surface area contributed by atoms with E-state index < -0.39 is 0 Å². The third-order valence-electron chi connectivity index (χ3n) is 4.33. The number of hydrogen-bond acceptors (Lipinski definition) is 3. The minimum atomic E-state index is 0.0260. The molecule has 3 heteroatoms. The van der Waals surface area contributed by atoms with Gasteiger partial charge in [0.25, 0.3) is 0 Å². The first kappa shape index (κ1) is 12.3. The van der Waals surface area contributed by atoms with E-state index in [2.05, 4.69) is 19.2 Å². The summed E-state index contributed by atoms with van der Waals surface area (Å²) in [6.45, 7) is 6.43. The van der Waals surface area contributed by atoms with Crippen molar-refractivity contribution < 1.29 is 9.47 Å².